The van der Waals surface area contributed by atoms with Gasteiger partial charge in [0, 0.05) is 12.6 Å². The van der Waals surface area contributed by atoms with Crippen molar-refractivity contribution in [2.24, 2.45) is 5.41 Å². The zero-order valence-electron chi connectivity index (χ0n) is 12.4. The molecule has 96 valence electrons. The Bertz CT molecular complexity index is 362. The van der Waals surface area contributed by atoms with E-state index in [2.05, 4.69) is 65.9 Å². The SMILES string of the molecule is Cc1cc(C)c(CNC(C)C(C)(C)C)c(C)c1. The van der Waals surface area contributed by atoms with Crippen molar-refractivity contribution < 1.29 is 0 Å². The van der Waals surface area contributed by atoms with Crippen molar-refractivity contribution in [3.63, 3.8) is 0 Å². The van der Waals surface area contributed by atoms with Crippen molar-refractivity contribution in [3.8, 4) is 0 Å². The summed E-state index contributed by atoms with van der Waals surface area (Å²) in [6.07, 6.45) is 0. The zero-order chi connectivity index (χ0) is 13.2. The summed E-state index contributed by atoms with van der Waals surface area (Å²) >= 11 is 0. The molecule has 0 fully saturated rings. The van der Waals surface area contributed by atoms with Crippen LogP contribution in [0.3, 0.4) is 0 Å². The number of benzene rings is 1. The average molecular weight is 233 g/mol. The highest BCUT2D eigenvalue weighted by atomic mass is 14.9. The summed E-state index contributed by atoms with van der Waals surface area (Å²) in [7, 11) is 0. The lowest BCUT2D eigenvalue weighted by Crippen LogP contribution is -2.37. The second-order valence-electron chi connectivity index (χ2n) is 6.35. The molecule has 1 aromatic rings. The fraction of sp³-hybridized carbons (Fsp3) is 0.625. The Kier molecular flexibility index (Phi) is 4.37. The highest BCUT2D eigenvalue weighted by Crippen LogP contribution is 2.21. The predicted molar refractivity (Wildman–Crippen MR) is 76.4 cm³/mol. The minimum atomic E-state index is 0.312. The maximum absolute atomic E-state index is 3.64. The molecule has 0 amide bonds. The van der Waals surface area contributed by atoms with Gasteiger partial charge in [0.2, 0.25) is 0 Å². The van der Waals surface area contributed by atoms with E-state index in [1.807, 2.05) is 0 Å². The van der Waals surface area contributed by atoms with Crippen LogP contribution in [0.5, 0.6) is 0 Å². The third-order valence-corrected chi connectivity index (χ3v) is 3.72. The molecular formula is C16H27N. The third kappa shape index (κ3) is 3.85. The van der Waals surface area contributed by atoms with Gasteiger partial charge in [-0.3, -0.25) is 0 Å². The fourth-order valence-corrected chi connectivity index (χ4v) is 2.05. The summed E-state index contributed by atoms with van der Waals surface area (Å²) in [5.41, 5.74) is 5.92. The largest absolute Gasteiger partial charge is 0.310 e. The van der Waals surface area contributed by atoms with Gasteiger partial charge < -0.3 is 5.32 Å². The summed E-state index contributed by atoms with van der Waals surface area (Å²) in [6.45, 7) is 16.6. The normalized spacial score (nSPS) is 13.8. The van der Waals surface area contributed by atoms with Crippen LogP contribution in [0.2, 0.25) is 0 Å². The van der Waals surface area contributed by atoms with Crippen molar-refractivity contribution >= 4 is 0 Å². The first-order valence-electron chi connectivity index (χ1n) is 6.52. The molecule has 0 aromatic heterocycles. The summed E-state index contributed by atoms with van der Waals surface area (Å²) in [4.78, 5) is 0. The Morgan fingerprint density at radius 1 is 1.06 bits per heavy atom. The van der Waals surface area contributed by atoms with Gasteiger partial charge in [-0.1, -0.05) is 38.5 Å². The van der Waals surface area contributed by atoms with Gasteiger partial charge in [-0.25, -0.2) is 0 Å². The van der Waals surface area contributed by atoms with E-state index < -0.39 is 0 Å². The van der Waals surface area contributed by atoms with Crippen LogP contribution in [0.25, 0.3) is 0 Å². The van der Waals surface area contributed by atoms with Crippen LogP contribution in [0.15, 0.2) is 12.1 Å². The summed E-state index contributed by atoms with van der Waals surface area (Å²) < 4.78 is 0. The van der Waals surface area contributed by atoms with Gasteiger partial charge in [0.25, 0.3) is 0 Å². The molecule has 1 aromatic carbocycles. The molecule has 0 saturated carbocycles. The van der Waals surface area contributed by atoms with E-state index in [1.54, 1.807) is 0 Å². The minimum absolute atomic E-state index is 0.312. The molecule has 0 aliphatic carbocycles. The molecule has 0 bridgehead atoms. The van der Waals surface area contributed by atoms with Crippen LogP contribution in [0.4, 0.5) is 0 Å². The number of nitrogens with one attached hydrogen (secondary N) is 1. The summed E-state index contributed by atoms with van der Waals surface area (Å²) in [6, 6.07) is 5.06. The quantitative estimate of drug-likeness (QED) is 0.827. The van der Waals surface area contributed by atoms with Crippen LogP contribution < -0.4 is 5.32 Å². The van der Waals surface area contributed by atoms with Gasteiger partial charge in [-0.2, -0.15) is 0 Å². The van der Waals surface area contributed by atoms with Gasteiger partial charge in [0.15, 0.2) is 0 Å². The Hall–Kier alpha value is -0.820. The topological polar surface area (TPSA) is 12.0 Å². The Labute approximate surface area is 107 Å². The molecule has 0 saturated heterocycles. The third-order valence-electron chi connectivity index (χ3n) is 3.72. The molecule has 1 heteroatoms. The van der Waals surface area contributed by atoms with Gasteiger partial charge in [0.1, 0.15) is 0 Å². The van der Waals surface area contributed by atoms with E-state index in [4.69, 9.17) is 0 Å². The van der Waals surface area contributed by atoms with E-state index in [-0.39, 0.29) is 0 Å². The number of hydrogen-bond acceptors (Lipinski definition) is 1. The second-order valence-corrected chi connectivity index (χ2v) is 6.35. The van der Waals surface area contributed by atoms with Crippen LogP contribution in [0, 0.1) is 26.2 Å². The molecule has 17 heavy (non-hydrogen) atoms. The first kappa shape index (κ1) is 14.2. The van der Waals surface area contributed by atoms with Crippen molar-refractivity contribution in [3.05, 3.63) is 34.4 Å². The number of hydrogen-bond donors (Lipinski definition) is 1. The van der Waals surface area contributed by atoms with Crippen LogP contribution in [-0.4, -0.2) is 6.04 Å². The second kappa shape index (κ2) is 5.22. The monoisotopic (exact) mass is 233 g/mol. The van der Waals surface area contributed by atoms with Crippen LogP contribution in [0.1, 0.15) is 49.9 Å². The number of aryl methyl sites for hydroxylation is 3. The Balaban J connectivity index is 2.77. The molecule has 1 atom stereocenters. The average Bonchev–Trinajstić information content (AvgIpc) is 2.13. The molecule has 1 nitrogen and oxygen atoms in total. The molecule has 0 spiro atoms. The van der Waals surface area contributed by atoms with Crippen molar-refractivity contribution in [1.82, 2.24) is 5.32 Å². The minimum Gasteiger partial charge on any atom is -0.310 e. The first-order valence-corrected chi connectivity index (χ1v) is 6.52. The lowest BCUT2D eigenvalue weighted by molar-refractivity contribution is 0.285. The number of rotatable bonds is 3. The standard InChI is InChI=1S/C16H27N/c1-11-8-12(2)15(13(3)9-11)10-17-14(4)16(5,6)7/h8-9,14,17H,10H2,1-7H3. The van der Waals surface area contributed by atoms with E-state index in [0.717, 1.165) is 6.54 Å². The van der Waals surface area contributed by atoms with Gasteiger partial charge in [-0.15, -0.1) is 0 Å². The molecule has 1 unspecified atom stereocenters. The fourth-order valence-electron chi connectivity index (χ4n) is 2.05. The molecule has 0 radical (unpaired) electrons. The molecule has 1 rings (SSSR count). The smallest absolute Gasteiger partial charge is 0.0213 e. The highest BCUT2D eigenvalue weighted by Gasteiger charge is 2.19. The Morgan fingerprint density at radius 3 is 1.94 bits per heavy atom. The van der Waals surface area contributed by atoms with E-state index in [0.29, 0.717) is 11.5 Å². The lowest BCUT2D eigenvalue weighted by Gasteiger charge is -2.29. The van der Waals surface area contributed by atoms with Crippen molar-refractivity contribution in [2.75, 3.05) is 0 Å². The van der Waals surface area contributed by atoms with Gasteiger partial charge >= 0.3 is 0 Å². The van der Waals surface area contributed by atoms with E-state index in [1.165, 1.54) is 22.3 Å². The molecule has 0 aliphatic rings. The van der Waals surface area contributed by atoms with Crippen molar-refractivity contribution in [1.29, 1.82) is 0 Å². The van der Waals surface area contributed by atoms with Gasteiger partial charge in [-0.05, 0) is 49.8 Å². The highest BCUT2D eigenvalue weighted by molar-refractivity contribution is 5.37. The van der Waals surface area contributed by atoms with Crippen LogP contribution >= 0.6 is 0 Å². The molecule has 1 N–H and O–H groups in total. The van der Waals surface area contributed by atoms with Crippen molar-refractivity contribution in [2.45, 2.75) is 61.1 Å². The molecule has 0 aliphatic heterocycles. The maximum Gasteiger partial charge on any atom is 0.0213 e. The Morgan fingerprint density at radius 2 is 1.53 bits per heavy atom. The van der Waals surface area contributed by atoms with Gasteiger partial charge in [0.05, 0.1) is 0 Å². The molecule has 0 heterocycles. The first-order chi connectivity index (χ1) is 7.71. The van der Waals surface area contributed by atoms with E-state index >= 15 is 0 Å². The maximum atomic E-state index is 3.64. The predicted octanol–water partition coefficient (Wildman–Crippen LogP) is 4.14. The van der Waals surface area contributed by atoms with E-state index in [9.17, 15) is 0 Å². The summed E-state index contributed by atoms with van der Waals surface area (Å²) in [5.74, 6) is 0. The zero-order valence-corrected chi connectivity index (χ0v) is 12.4. The summed E-state index contributed by atoms with van der Waals surface area (Å²) in [5, 5.41) is 3.64. The molecular weight excluding hydrogens is 206 g/mol. The lowest BCUT2D eigenvalue weighted by atomic mass is 9.87. The van der Waals surface area contributed by atoms with Crippen LogP contribution in [-0.2, 0) is 6.54 Å².